The summed E-state index contributed by atoms with van der Waals surface area (Å²) in [6.07, 6.45) is 1.72. The number of nitrogens with one attached hydrogen (secondary N) is 1. The topological polar surface area (TPSA) is 62.3 Å². The van der Waals surface area contributed by atoms with E-state index in [1.54, 1.807) is 30.5 Å². The number of benzene rings is 2. The SMILES string of the molecule is O=C(Nc1cccc2cccnc12)[C@@H]1CC(=O)N(c2ccccc2F)C1. The van der Waals surface area contributed by atoms with Crippen molar-refractivity contribution in [3.63, 3.8) is 0 Å². The molecule has 1 aliphatic heterocycles. The van der Waals surface area contributed by atoms with Gasteiger partial charge in [-0.1, -0.05) is 30.3 Å². The van der Waals surface area contributed by atoms with Crippen molar-refractivity contribution >= 4 is 34.1 Å². The quantitative estimate of drug-likeness (QED) is 0.789. The van der Waals surface area contributed by atoms with Gasteiger partial charge in [-0.25, -0.2) is 4.39 Å². The number of anilines is 2. The van der Waals surface area contributed by atoms with Gasteiger partial charge in [-0.2, -0.15) is 0 Å². The maximum Gasteiger partial charge on any atom is 0.229 e. The van der Waals surface area contributed by atoms with Crippen LogP contribution in [0.3, 0.4) is 0 Å². The average Bonchev–Trinajstić information content (AvgIpc) is 3.04. The highest BCUT2D eigenvalue weighted by Crippen LogP contribution is 2.29. The Hall–Kier alpha value is -3.28. The second-order valence-corrected chi connectivity index (χ2v) is 6.23. The van der Waals surface area contributed by atoms with Crippen molar-refractivity contribution in [3.05, 3.63) is 66.6 Å². The van der Waals surface area contributed by atoms with Crippen molar-refractivity contribution in [3.8, 4) is 0 Å². The Morgan fingerprint density at radius 3 is 2.77 bits per heavy atom. The molecule has 0 spiro atoms. The highest BCUT2D eigenvalue weighted by molar-refractivity contribution is 6.06. The maximum atomic E-state index is 14.0. The van der Waals surface area contributed by atoms with Gasteiger partial charge in [0.1, 0.15) is 5.82 Å². The molecule has 1 aliphatic rings. The van der Waals surface area contributed by atoms with E-state index in [1.807, 2.05) is 24.3 Å². The molecule has 0 bridgehead atoms. The fraction of sp³-hybridized carbons (Fsp3) is 0.150. The summed E-state index contributed by atoms with van der Waals surface area (Å²) in [5.41, 5.74) is 1.50. The van der Waals surface area contributed by atoms with Crippen molar-refractivity contribution in [1.29, 1.82) is 0 Å². The predicted octanol–water partition coefficient (Wildman–Crippen LogP) is 3.37. The lowest BCUT2D eigenvalue weighted by atomic mass is 10.1. The number of pyridine rings is 1. The summed E-state index contributed by atoms with van der Waals surface area (Å²) in [6.45, 7) is 0.157. The van der Waals surface area contributed by atoms with Gasteiger partial charge >= 0.3 is 0 Å². The fourth-order valence-corrected chi connectivity index (χ4v) is 3.23. The summed E-state index contributed by atoms with van der Waals surface area (Å²) in [4.78, 5) is 30.6. The summed E-state index contributed by atoms with van der Waals surface area (Å²) in [5, 5.41) is 3.78. The average molecular weight is 349 g/mol. The third kappa shape index (κ3) is 2.90. The molecule has 2 heterocycles. The molecule has 1 fully saturated rings. The minimum absolute atomic E-state index is 0.0539. The molecule has 0 radical (unpaired) electrons. The second-order valence-electron chi connectivity index (χ2n) is 6.23. The molecule has 130 valence electrons. The van der Waals surface area contributed by atoms with Crippen molar-refractivity contribution < 1.29 is 14.0 Å². The molecule has 2 amide bonds. The minimum atomic E-state index is -0.541. The molecule has 1 saturated heterocycles. The van der Waals surface area contributed by atoms with Crippen LogP contribution in [0.2, 0.25) is 0 Å². The summed E-state index contributed by atoms with van der Waals surface area (Å²) in [7, 11) is 0. The van der Waals surface area contributed by atoms with Gasteiger partial charge in [-0.15, -0.1) is 0 Å². The predicted molar refractivity (Wildman–Crippen MR) is 97.2 cm³/mol. The number of halogens is 1. The molecule has 2 aromatic carbocycles. The monoisotopic (exact) mass is 349 g/mol. The maximum absolute atomic E-state index is 14.0. The van der Waals surface area contributed by atoms with E-state index >= 15 is 0 Å². The molecule has 5 nitrogen and oxygen atoms in total. The van der Waals surface area contributed by atoms with Gasteiger partial charge < -0.3 is 10.2 Å². The first kappa shape index (κ1) is 16.2. The molecule has 26 heavy (non-hydrogen) atoms. The van der Waals surface area contributed by atoms with E-state index < -0.39 is 11.7 Å². The van der Waals surface area contributed by atoms with Crippen molar-refractivity contribution in [1.82, 2.24) is 4.98 Å². The Morgan fingerprint density at radius 2 is 1.92 bits per heavy atom. The van der Waals surface area contributed by atoms with E-state index in [9.17, 15) is 14.0 Å². The number of hydrogen-bond donors (Lipinski definition) is 1. The fourth-order valence-electron chi connectivity index (χ4n) is 3.23. The smallest absolute Gasteiger partial charge is 0.229 e. The van der Waals surface area contributed by atoms with Crippen LogP contribution < -0.4 is 10.2 Å². The van der Waals surface area contributed by atoms with Crippen LogP contribution in [0.15, 0.2) is 60.8 Å². The van der Waals surface area contributed by atoms with Crippen LogP contribution in [0, 0.1) is 11.7 Å². The number of hydrogen-bond acceptors (Lipinski definition) is 3. The molecule has 0 saturated carbocycles. The molecule has 6 heteroatoms. The van der Waals surface area contributed by atoms with Crippen LogP contribution in [0.25, 0.3) is 10.9 Å². The molecule has 4 rings (SSSR count). The van der Waals surface area contributed by atoms with E-state index in [1.165, 1.54) is 11.0 Å². The Bertz CT molecular complexity index is 1000. The van der Waals surface area contributed by atoms with Gasteiger partial charge in [0, 0.05) is 24.5 Å². The molecule has 3 aromatic rings. The number of para-hydroxylation sites is 2. The molecule has 1 N–H and O–H groups in total. The van der Waals surface area contributed by atoms with E-state index in [4.69, 9.17) is 0 Å². The van der Waals surface area contributed by atoms with Crippen molar-refractivity contribution in [2.24, 2.45) is 5.92 Å². The first-order valence-corrected chi connectivity index (χ1v) is 8.33. The molecular weight excluding hydrogens is 333 g/mol. The van der Waals surface area contributed by atoms with Crippen LogP contribution in [0.1, 0.15) is 6.42 Å². The van der Waals surface area contributed by atoms with Gasteiger partial charge in [0.15, 0.2) is 0 Å². The van der Waals surface area contributed by atoms with Crippen LogP contribution in [0.5, 0.6) is 0 Å². The van der Waals surface area contributed by atoms with E-state index in [2.05, 4.69) is 10.3 Å². The lowest BCUT2D eigenvalue weighted by molar-refractivity contribution is -0.122. The standard InChI is InChI=1S/C20H16FN3O2/c21-15-7-1-2-9-17(15)24-12-14(11-18(24)25)20(26)23-16-8-3-5-13-6-4-10-22-19(13)16/h1-10,14H,11-12H2,(H,23,26)/t14-/m1/s1. The van der Waals surface area contributed by atoms with E-state index in [0.29, 0.717) is 11.2 Å². The zero-order valence-electron chi connectivity index (χ0n) is 13.9. The second kappa shape index (κ2) is 6.55. The Kier molecular flexibility index (Phi) is 4.08. The van der Waals surface area contributed by atoms with Gasteiger partial charge in [0.25, 0.3) is 0 Å². The number of rotatable bonds is 3. The van der Waals surface area contributed by atoms with Crippen LogP contribution >= 0.6 is 0 Å². The summed E-state index contributed by atoms with van der Waals surface area (Å²) < 4.78 is 14.0. The van der Waals surface area contributed by atoms with Crippen LogP contribution in [-0.4, -0.2) is 23.3 Å². The Labute approximate surface area is 149 Å². The number of amides is 2. The van der Waals surface area contributed by atoms with Crippen molar-refractivity contribution in [2.75, 3.05) is 16.8 Å². The molecule has 1 atom stereocenters. The van der Waals surface area contributed by atoms with Crippen LogP contribution in [0.4, 0.5) is 15.8 Å². The third-order valence-electron chi connectivity index (χ3n) is 4.53. The third-order valence-corrected chi connectivity index (χ3v) is 4.53. The number of carbonyl (C=O) groups is 2. The summed E-state index contributed by atoms with van der Waals surface area (Å²) in [6, 6.07) is 15.4. The number of nitrogens with zero attached hydrogens (tertiary/aromatic N) is 2. The van der Waals surface area contributed by atoms with Gasteiger partial charge in [0.05, 0.1) is 22.8 Å². The first-order chi connectivity index (χ1) is 12.6. The minimum Gasteiger partial charge on any atom is -0.324 e. The number of aromatic nitrogens is 1. The van der Waals surface area contributed by atoms with Gasteiger partial charge in [-0.3, -0.25) is 14.6 Å². The van der Waals surface area contributed by atoms with Crippen molar-refractivity contribution in [2.45, 2.75) is 6.42 Å². The van der Waals surface area contributed by atoms with E-state index in [-0.39, 0.29) is 30.5 Å². The molecule has 0 aliphatic carbocycles. The molecule has 0 unspecified atom stereocenters. The zero-order valence-corrected chi connectivity index (χ0v) is 13.9. The highest BCUT2D eigenvalue weighted by atomic mass is 19.1. The first-order valence-electron chi connectivity index (χ1n) is 8.33. The van der Waals surface area contributed by atoms with Crippen LogP contribution in [-0.2, 0) is 9.59 Å². The zero-order chi connectivity index (χ0) is 18.1. The number of fused-ring (bicyclic) bond motifs is 1. The molecular formula is C20H16FN3O2. The van der Waals surface area contributed by atoms with E-state index in [0.717, 1.165) is 5.39 Å². The Balaban J connectivity index is 1.54. The highest BCUT2D eigenvalue weighted by Gasteiger charge is 2.36. The number of carbonyl (C=O) groups excluding carboxylic acids is 2. The summed E-state index contributed by atoms with van der Waals surface area (Å²) >= 11 is 0. The van der Waals surface area contributed by atoms with Gasteiger partial charge in [0.2, 0.25) is 11.8 Å². The lowest BCUT2D eigenvalue weighted by Crippen LogP contribution is -2.28. The lowest BCUT2D eigenvalue weighted by Gasteiger charge is -2.17. The molecule has 1 aromatic heterocycles. The largest absolute Gasteiger partial charge is 0.324 e. The Morgan fingerprint density at radius 1 is 1.12 bits per heavy atom. The normalized spacial score (nSPS) is 16.9. The summed E-state index contributed by atoms with van der Waals surface area (Å²) in [5.74, 6) is -1.54. The van der Waals surface area contributed by atoms with Gasteiger partial charge in [-0.05, 0) is 24.3 Å².